The number of hydrogen-bond donors (Lipinski definition) is 1. The number of carbonyl (C=O) groups excluding carboxylic acids is 1. The summed E-state index contributed by atoms with van der Waals surface area (Å²) in [7, 11) is 0. The number of esters is 1. The number of rotatable bonds is 8. The second-order valence-corrected chi connectivity index (χ2v) is 5.57. The lowest BCUT2D eigenvalue weighted by Gasteiger charge is -2.39. The number of ether oxygens (including phenoxy) is 1. The predicted octanol–water partition coefficient (Wildman–Crippen LogP) is 2.17. The average molecular weight is 270 g/mol. The number of hydrogen-bond acceptors (Lipinski definition) is 4. The largest absolute Gasteiger partial charge is 0.466 e. The van der Waals surface area contributed by atoms with E-state index in [2.05, 4.69) is 11.8 Å². The molecule has 2 N–H and O–H groups in total. The maximum Gasteiger partial charge on any atom is 0.305 e. The number of nitrogens with zero attached hydrogens (tertiary/aromatic N) is 1. The fourth-order valence-electron chi connectivity index (χ4n) is 2.99. The van der Waals surface area contributed by atoms with Crippen molar-refractivity contribution < 1.29 is 9.53 Å². The summed E-state index contributed by atoms with van der Waals surface area (Å²) in [5, 5.41) is 0. The molecule has 112 valence electrons. The average Bonchev–Trinajstić information content (AvgIpc) is 2.39. The Labute approximate surface area is 117 Å². The first-order chi connectivity index (χ1) is 9.19. The van der Waals surface area contributed by atoms with Crippen molar-refractivity contribution in [2.45, 2.75) is 58.4 Å². The van der Waals surface area contributed by atoms with Crippen LogP contribution in [0.15, 0.2) is 0 Å². The van der Waals surface area contributed by atoms with Crippen LogP contribution >= 0.6 is 0 Å². The quantitative estimate of drug-likeness (QED) is 0.542. The molecular weight excluding hydrogens is 240 g/mol. The summed E-state index contributed by atoms with van der Waals surface area (Å²) in [5.41, 5.74) is 5.88. The third-order valence-electron chi connectivity index (χ3n) is 4.10. The van der Waals surface area contributed by atoms with Crippen LogP contribution in [0, 0.1) is 5.92 Å². The van der Waals surface area contributed by atoms with Gasteiger partial charge in [0, 0.05) is 19.0 Å². The van der Waals surface area contributed by atoms with E-state index in [1.807, 2.05) is 6.92 Å². The molecule has 4 nitrogen and oxygen atoms in total. The Morgan fingerprint density at radius 1 is 1.37 bits per heavy atom. The number of piperidine rings is 1. The zero-order valence-corrected chi connectivity index (χ0v) is 12.6. The molecule has 0 aromatic carbocycles. The Balaban J connectivity index is 2.12. The highest BCUT2D eigenvalue weighted by molar-refractivity contribution is 5.69. The highest BCUT2D eigenvalue weighted by atomic mass is 16.5. The molecular formula is C15H30N2O2. The van der Waals surface area contributed by atoms with E-state index in [9.17, 15) is 4.79 Å². The van der Waals surface area contributed by atoms with Gasteiger partial charge < -0.3 is 10.5 Å². The van der Waals surface area contributed by atoms with Gasteiger partial charge in [-0.25, -0.2) is 0 Å². The zero-order chi connectivity index (χ0) is 14.1. The van der Waals surface area contributed by atoms with Gasteiger partial charge in [-0.2, -0.15) is 0 Å². The Hall–Kier alpha value is -0.610. The van der Waals surface area contributed by atoms with Crippen molar-refractivity contribution in [3.8, 4) is 0 Å². The van der Waals surface area contributed by atoms with E-state index in [1.165, 1.54) is 19.4 Å². The molecule has 2 atom stereocenters. The minimum absolute atomic E-state index is 0.0612. The topological polar surface area (TPSA) is 55.6 Å². The molecule has 1 saturated heterocycles. The van der Waals surface area contributed by atoms with Crippen LogP contribution in [0.5, 0.6) is 0 Å². The molecule has 2 unspecified atom stereocenters. The Morgan fingerprint density at radius 3 is 2.84 bits per heavy atom. The van der Waals surface area contributed by atoms with Crippen LogP contribution < -0.4 is 5.73 Å². The summed E-state index contributed by atoms with van der Waals surface area (Å²) in [6.45, 7) is 7.72. The Kier molecular flexibility index (Phi) is 8.07. The predicted molar refractivity (Wildman–Crippen MR) is 77.9 cm³/mol. The molecule has 0 aromatic rings. The van der Waals surface area contributed by atoms with Gasteiger partial charge in [0.15, 0.2) is 0 Å². The molecule has 19 heavy (non-hydrogen) atoms. The number of carbonyl (C=O) groups is 1. The molecule has 0 bridgehead atoms. The van der Waals surface area contributed by atoms with Crippen LogP contribution in [0.4, 0.5) is 0 Å². The van der Waals surface area contributed by atoms with Gasteiger partial charge in [-0.15, -0.1) is 0 Å². The fourth-order valence-corrected chi connectivity index (χ4v) is 2.99. The lowest BCUT2D eigenvalue weighted by Crippen LogP contribution is -2.48. The summed E-state index contributed by atoms with van der Waals surface area (Å²) in [6, 6.07) is 0.554. The van der Waals surface area contributed by atoms with Crippen LogP contribution in [-0.2, 0) is 9.53 Å². The monoisotopic (exact) mass is 270 g/mol. The van der Waals surface area contributed by atoms with E-state index in [0.717, 1.165) is 38.3 Å². The maximum atomic E-state index is 11.2. The molecule has 1 rings (SSSR count). The molecule has 0 aromatic heterocycles. The lowest BCUT2D eigenvalue weighted by molar-refractivity contribution is -0.143. The van der Waals surface area contributed by atoms with Crippen molar-refractivity contribution in [3.63, 3.8) is 0 Å². The van der Waals surface area contributed by atoms with E-state index >= 15 is 0 Å². The molecule has 0 saturated carbocycles. The first-order valence-corrected chi connectivity index (χ1v) is 7.78. The molecule has 0 aliphatic carbocycles. The molecule has 0 spiro atoms. The Bertz CT molecular complexity index is 259. The minimum atomic E-state index is -0.0612. The molecule has 1 aliphatic heterocycles. The summed E-state index contributed by atoms with van der Waals surface area (Å²) >= 11 is 0. The van der Waals surface area contributed by atoms with Gasteiger partial charge in [0.2, 0.25) is 0 Å². The third-order valence-corrected chi connectivity index (χ3v) is 4.10. The SMILES string of the molecule is CCOC(=O)CCCCCN1CCCC(C)C1CN. The fraction of sp³-hybridized carbons (Fsp3) is 0.933. The second-order valence-electron chi connectivity index (χ2n) is 5.57. The molecule has 0 amide bonds. The normalized spacial score (nSPS) is 24.4. The van der Waals surface area contributed by atoms with Gasteiger partial charge in [-0.1, -0.05) is 13.3 Å². The van der Waals surface area contributed by atoms with E-state index in [4.69, 9.17) is 10.5 Å². The van der Waals surface area contributed by atoms with Crippen molar-refractivity contribution in [3.05, 3.63) is 0 Å². The molecule has 1 aliphatic rings. The smallest absolute Gasteiger partial charge is 0.305 e. The van der Waals surface area contributed by atoms with Crippen LogP contribution in [0.3, 0.4) is 0 Å². The summed E-state index contributed by atoms with van der Waals surface area (Å²) in [4.78, 5) is 13.7. The van der Waals surface area contributed by atoms with Crippen molar-refractivity contribution >= 4 is 5.97 Å². The Morgan fingerprint density at radius 2 is 2.16 bits per heavy atom. The molecule has 1 heterocycles. The standard InChI is InChI=1S/C15H30N2O2/c1-3-19-15(18)9-5-4-6-10-17-11-7-8-13(2)14(17)12-16/h13-14H,3-12,16H2,1-2H3. The van der Waals surface area contributed by atoms with Crippen molar-refractivity contribution in [1.82, 2.24) is 4.90 Å². The molecule has 1 fully saturated rings. The second kappa shape index (κ2) is 9.32. The van der Waals surface area contributed by atoms with Crippen LogP contribution in [-0.4, -0.2) is 43.2 Å². The van der Waals surface area contributed by atoms with Gasteiger partial charge in [0.1, 0.15) is 0 Å². The van der Waals surface area contributed by atoms with Gasteiger partial charge in [0.05, 0.1) is 6.61 Å². The maximum absolute atomic E-state index is 11.2. The zero-order valence-electron chi connectivity index (χ0n) is 12.6. The highest BCUT2D eigenvalue weighted by Gasteiger charge is 2.26. The summed E-state index contributed by atoms with van der Waals surface area (Å²) in [5.74, 6) is 0.659. The summed E-state index contributed by atoms with van der Waals surface area (Å²) in [6.07, 6.45) is 6.35. The third kappa shape index (κ3) is 5.91. The number of unbranched alkanes of at least 4 members (excludes halogenated alkanes) is 2. The van der Waals surface area contributed by atoms with Gasteiger partial charge in [-0.3, -0.25) is 9.69 Å². The van der Waals surface area contributed by atoms with E-state index in [-0.39, 0.29) is 5.97 Å². The van der Waals surface area contributed by atoms with E-state index in [1.54, 1.807) is 0 Å². The number of nitrogens with two attached hydrogens (primary N) is 1. The van der Waals surface area contributed by atoms with Crippen molar-refractivity contribution in [1.29, 1.82) is 0 Å². The highest BCUT2D eigenvalue weighted by Crippen LogP contribution is 2.22. The van der Waals surface area contributed by atoms with Crippen molar-refractivity contribution in [2.75, 3.05) is 26.2 Å². The van der Waals surface area contributed by atoms with E-state index in [0.29, 0.717) is 19.1 Å². The van der Waals surface area contributed by atoms with E-state index < -0.39 is 0 Å². The number of likely N-dealkylation sites (tertiary alicyclic amines) is 1. The molecule has 4 heteroatoms. The minimum Gasteiger partial charge on any atom is -0.466 e. The van der Waals surface area contributed by atoms with Gasteiger partial charge in [-0.05, 0) is 51.6 Å². The first-order valence-electron chi connectivity index (χ1n) is 7.78. The lowest BCUT2D eigenvalue weighted by atomic mass is 9.90. The summed E-state index contributed by atoms with van der Waals surface area (Å²) < 4.78 is 4.92. The van der Waals surface area contributed by atoms with Gasteiger partial charge >= 0.3 is 5.97 Å². The van der Waals surface area contributed by atoms with Crippen LogP contribution in [0.1, 0.15) is 52.4 Å². The molecule has 0 radical (unpaired) electrons. The van der Waals surface area contributed by atoms with Crippen LogP contribution in [0.25, 0.3) is 0 Å². The first kappa shape index (κ1) is 16.4. The van der Waals surface area contributed by atoms with Crippen LogP contribution in [0.2, 0.25) is 0 Å². The van der Waals surface area contributed by atoms with Gasteiger partial charge in [0.25, 0.3) is 0 Å². The van der Waals surface area contributed by atoms with Crippen molar-refractivity contribution in [2.24, 2.45) is 11.7 Å².